The van der Waals surface area contributed by atoms with Crippen molar-refractivity contribution in [2.24, 2.45) is 0 Å². The van der Waals surface area contributed by atoms with Gasteiger partial charge in [0, 0.05) is 0 Å². The summed E-state index contributed by atoms with van der Waals surface area (Å²) < 4.78 is 0. The summed E-state index contributed by atoms with van der Waals surface area (Å²) in [5, 5.41) is 3.70. The number of hydrogen-bond acceptors (Lipinski definition) is 4. The Labute approximate surface area is 98.5 Å². The lowest BCUT2D eigenvalue weighted by atomic mass is 10.2. The van der Waals surface area contributed by atoms with Crippen LogP contribution >= 0.6 is 11.6 Å². The quantitative estimate of drug-likeness (QED) is 0.839. The first-order valence-corrected chi connectivity index (χ1v) is 5.13. The second-order valence-corrected chi connectivity index (χ2v) is 3.84. The van der Waals surface area contributed by atoms with Crippen LogP contribution in [0.25, 0.3) is 0 Å². The van der Waals surface area contributed by atoms with Crippen molar-refractivity contribution in [1.82, 2.24) is 9.97 Å². The normalized spacial score (nSPS) is 10.1. The van der Waals surface area contributed by atoms with E-state index < -0.39 is 0 Å². The minimum absolute atomic E-state index is 0.369. The zero-order valence-corrected chi connectivity index (χ0v) is 9.49. The topological polar surface area (TPSA) is 63.8 Å². The van der Waals surface area contributed by atoms with Crippen molar-refractivity contribution in [2.45, 2.75) is 6.92 Å². The van der Waals surface area contributed by atoms with Gasteiger partial charge in [-0.3, -0.25) is 4.98 Å². The van der Waals surface area contributed by atoms with Crippen LogP contribution in [-0.2, 0) is 0 Å². The second kappa shape index (κ2) is 4.37. The molecule has 0 saturated carbocycles. The van der Waals surface area contributed by atoms with Gasteiger partial charge in [-0.25, -0.2) is 4.98 Å². The summed E-state index contributed by atoms with van der Waals surface area (Å²) in [6.07, 6.45) is 3.08. The molecule has 0 saturated heterocycles. The maximum absolute atomic E-state index is 6.08. The predicted molar refractivity (Wildman–Crippen MR) is 65.9 cm³/mol. The number of benzene rings is 1. The van der Waals surface area contributed by atoms with Crippen molar-refractivity contribution in [3.8, 4) is 0 Å². The zero-order chi connectivity index (χ0) is 11.5. The highest BCUT2D eigenvalue weighted by Crippen LogP contribution is 2.25. The van der Waals surface area contributed by atoms with Gasteiger partial charge < -0.3 is 11.1 Å². The van der Waals surface area contributed by atoms with E-state index in [0.717, 1.165) is 11.3 Å². The van der Waals surface area contributed by atoms with E-state index in [0.29, 0.717) is 16.7 Å². The lowest BCUT2D eigenvalue weighted by molar-refractivity contribution is 1.21. The van der Waals surface area contributed by atoms with Gasteiger partial charge in [0.05, 0.1) is 23.1 Å². The van der Waals surface area contributed by atoms with Gasteiger partial charge in [0.25, 0.3) is 0 Å². The molecule has 2 rings (SSSR count). The molecule has 0 bridgehead atoms. The molecule has 16 heavy (non-hydrogen) atoms. The van der Waals surface area contributed by atoms with Gasteiger partial charge in [-0.1, -0.05) is 17.7 Å². The van der Waals surface area contributed by atoms with Gasteiger partial charge in [0.1, 0.15) is 5.82 Å². The first kappa shape index (κ1) is 10.7. The number of aryl methyl sites for hydroxylation is 1. The molecule has 0 unspecified atom stereocenters. The fourth-order valence-electron chi connectivity index (χ4n) is 1.30. The van der Waals surface area contributed by atoms with Crippen LogP contribution < -0.4 is 11.1 Å². The van der Waals surface area contributed by atoms with Crippen LogP contribution in [-0.4, -0.2) is 9.97 Å². The van der Waals surface area contributed by atoms with Gasteiger partial charge in [-0.2, -0.15) is 0 Å². The fraction of sp³-hybridized carbons (Fsp3) is 0.0909. The maximum atomic E-state index is 6.08. The van der Waals surface area contributed by atoms with Crippen molar-refractivity contribution in [2.75, 3.05) is 11.1 Å². The van der Waals surface area contributed by atoms with E-state index >= 15 is 0 Å². The van der Waals surface area contributed by atoms with Crippen LogP contribution in [0.4, 0.5) is 17.3 Å². The number of hydrogen-bond donors (Lipinski definition) is 2. The van der Waals surface area contributed by atoms with Crippen molar-refractivity contribution < 1.29 is 0 Å². The summed E-state index contributed by atoms with van der Waals surface area (Å²) in [7, 11) is 0. The molecule has 0 aliphatic heterocycles. The smallest absolute Gasteiger partial charge is 0.151 e. The third kappa shape index (κ3) is 2.41. The molecule has 0 amide bonds. The highest BCUT2D eigenvalue weighted by Gasteiger charge is 2.02. The predicted octanol–water partition coefficient (Wildman–Crippen LogP) is 2.76. The van der Waals surface area contributed by atoms with Crippen molar-refractivity contribution >= 4 is 28.9 Å². The van der Waals surface area contributed by atoms with Crippen molar-refractivity contribution in [1.29, 1.82) is 0 Å². The van der Waals surface area contributed by atoms with E-state index in [1.807, 2.05) is 25.1 Å². The van der Waals surface area contributed by atoms with E-state index in [-0.39, 0.29) is 0 Å². The van der Waals surface area contributed by atoms with Crippen LogP contribution in [0.5, 0.6) is 0 Å². The molecule has 0 aliphatic rings. The molecule has 1 heterocycles. The average molecular weight is 235 g/mol. The summed E-state index contributed by atoms with van der Waals surface area (Å²) in [6, 6.07) is 5.74. The molecule has 0 aliphatic carbocycles. The Bertz CT molecular complexity index is 513. The van der Waals surface area contributed by atoms with Gasteiger partial charge in [-0.15, -0.1) is 0 Å². The first-order chi connectivity index (χ1) is 7.65. The van der Waals surface area contributed by atoms with Gasteiger partial charge in [0.2, 0.25) is 0 Å². The van der Waals surface area contributed by atoms with Crippen LogP contribution in [0.15, 0.2) is 30.6 Å². The SMILES string of the molecule is Cc1ccc(Nc2cncc(N)n2)c(Cl)c1. The van der Waals surface area contributed by atoms with Gasteiger partial charge >= 0.3 is 0 Å². The molecule has 3 N–H and O–H groups in total. The standard InChI is InChI=1S/C11H11ClN4/c1-7-2-3-9(8(12)4-7)15-11-6-14-5-10(13)16-11/h2-6H,1H3,(H3,13,15,16). The number of aromatic nitrogens is 2. The Morgan fingerprint density at radius 1 is 1.31 bits per heavy atom. The Kier molecular flexibility index (Phi) is 2.92. The monoisotopic (exact) mass is 234 g/mol. The third-order valence-electron chi connectivity index (χ3n) is 2.04. The highest BCUT2D eigenvalue weighted by atomic mass is 35.5. The summed E-state index contributed by atoms with van der Waals surface area (Å²) in [5.41, 5.74) is 7.42. The Hall–Kier alpha value is -1.81. The number of rotatable bonds is 2. The van der Waals surface area contributed by atoms with Gasteiger partial charge in [-0.05, 0) is 24.6 Å². The second-order valence-electron chi connectivity index (χ2n) is 3.44. The summed E-state index contributed by atoms with van der Waals surface area (Å²) in [5.74, 6) is 0.944. The number of nitrogens with one attached hydrogen (secondary N) is 1. The van der Waals surface area contributed by atoms with Crippen molar-refractivity contribution in [3.63, 3.8) is 0 Å². The molecule has 2 aromatic rings. The average Bonchev–Trinajstić information content (AvgIpc) is 2.22. The lowest BCUT2D eigenvalue weighted by Crippen LogP contribution is -1.98. The minimum Gasteiger partial charge on any atom is -0.382 e. The molecule has 4 nitrogen and oxygen atoms in total. The third-order valence-corrected chi connectivity index (χ3v) is 2.35. The summed E-state index contributed by atoms with van der Waals surface area (Å²) in [6.45, 7) is 1.98. The fourth-order valence-corrected chi connectivity index (χ4v) is 1.58. The number of nitrogen functional groups attached to an aromatic ring is 1. The molecule has 0 spiro atoms. The molecular weight excluding hydrogens is 224 g/mol. The van der Waals surface area contributed by atoms with E-state index in [1.54, 1.807) is 6.20 Å². The van der Waals surface area contributed by atoms with Gasteiger partial charge in [0.15, 0.2) is 5.82 Å². The molecule has 5 heteroatoms. The minimum atomic E-state index is 0.369. The highest BCUT2D eigenvalue weighted by molar-refractivity contribution is 6.33. The van der Waals surface area contributed by atoms with E-state index in [2.05, 4.69) is 15.3 Å². The Morgan fingerprint density at radius 3 is 2.81 bits per heavy atom. The molecule has 1 aromatic heterocycles. The molecule has 0 fully saturated rings. The summed E-state index contributed by atoms with van der Waals surface area (Å²) >= 11 is 6.08. The number of nitrogens with two attached hydrogens (primary N) is 1. The molecular formula is C11H11ClN4. The molecule has 1 aromatic carbocycles. The molecule has 0 atom stereocenters. The Morgan fingerprint density at radius 2 is 2.12 bits per heavy atom. The number of nitrogens with zero attached hydrogens (tertiary/aromatic N) is 2. The van der Waals surface area contributed by atoms with Crippen LogP contribution in [0.1, 0.15) is 5.56 Å². The van der Waals surface area contributed by atoms with E-state index in [4.69, 9.17) is 17.3 Å². The van der Waals surface area contributed by atoms with Crippen LogP contribution in [0.3, 0.4) is 0 Å². The Balaban J connectivity index is 2.27. The van der Waals surface area contributed by atoms with Crippen LogP contribution in [0, 0.1) is 6.92 Å². The van der Waals surface area contributed by atoms with E-state index in [1.165, 1.54) is 6.20 Å². The van der Waals surface area contributed by atoms with E-state index in [9.17, 15) is 0 Å². The molecule has 0 radical (unpaired) electrons. The number of anilines is 3. The lowest BCUT2D eigenvalue weighted by Gasteiger charge is -2.07. The first-order valence-electron chi connectivity index (χ1n) is 4.76. The zero-order valence-electron chi connectivity index (χ0n) is 8.74. The maximum Gasteiger partial charge on any atom is 0.151 e. The largest absolute Gasteiger partial charge is 0.382 e. The summed E-state index contributed by atoms with van der Waals surface area (Å²) in [4.78, 5) is 8.01. The molecule has 82 valence electrons. The van der Waals surface area contributed by atoms with Crippen molar-refractivity contribution in [3.05, 3.63) is 41.2 Å². The van der Waals surface area contributed by atoms with Crippen LogP contribution in [0.2, 0.25) is 5.02 Å². The number of halogens is 1.